The Balaban J connectivity index is 3.79. The summed E-state index contributed by atoms with van der Waals surface area (Å²) in [7, 11) is 0. The number of nitriles is 2. The number of hydrogen-bond acceptors (Lipinski definition) is 2. The van der Waals surface area contributed by atoms with E-state index in [1.165, 1.54) is 0 Å². The zero-order chi connectivity index (χ0) is 10.9. The van der Waals surface area contributed by atoms with Crippen LogP contribution in [0.3, 0.4) is 0 Å². The largest absolute Gasteiger partial charge is 0.192 e. The summed E-state index contributed by atoms with van der Waals surface area (Å²) in [4.78, 5) is 0. The van der Waals surface area contributed by atoms with Crippen LogP contribution in [0.5, 0.6) is 0 Å². The second-order valence-electron chi connectivity index (χ2n) is 1.47. The van der Waals surface area contributed by atoms with Crippen molar-refractivity contribution in [3.8, 4) is 12.1 Å². The Hall–Kier alpha value is -1.80. The van der Waals surface area contributed by atoms with Gasteiger partial charge in [0.1, 0.15) is 12.1 Å². The number of nitrogens with zero attached hydrogens (tertiary/aromatic N) is 2. The van der Waals surface area contributed by atoms with Gasteiger partial charge in [-0.2, -0.15) is 10.5 Å². The predicted octanol–water partition coefficient (Wildman–Crippen LogP) is 1.43. The summed E-state index contributed by atoms with van der Waals surface area (Å²) in [5.41, 5.74) is -0.614. The molecule has 1 rings (SSSR count). The normalized spacial score (nSPS) is 13.4. The van der Waals surface area contributed by atoms with E-state index < -0.39 is 24.2 Å². The molecule has 0 unspecified atom stereocenters. The molecule has 1 aromatic carbocycles. The highest BCUT2D eigenvalue weighted by atomic mass is 14.3. The van der Waals surface area contributed by atoms with Crippen LogP contribution < -0.4 is 0 Å². The van der Waals surface area contributed by atoms with Gasteiger partial charge >= 0.3 is 0 Å². The molecule has 0 N–H and O–H groups in total. The molecule has 46 valence electrons. The molecule has 2 heteroatoms. The van der Waals surface area contributed by atoms with Crippen LogP contribution in [0.25, 0.3) is 0 Å². The van der Waals surface area contributed by atoms with E-state index in [1.807, 2.05) is 0 Å². The van der Waals surface area contributed by atoms with Crippen molar-refractivity contribution < 1.29 is 5.48 Å². The van der Waals surface area contributed by atoms with Gasteiger partial charge in [0.05, 0.1) is 16.6 Å². The number of hydrogen-bond donors (Lipinski definition) is 0. The smallest absolute Gasteiger partial charge is 0.101 e. The molecule has 0 saturated heterocycles. The van der Waals surface area contributed by atoms with E-state index in [-0.39, 0.29) is 11.1 Å². The lowest BCUT2D eigenvalue weighted by Gasteiger charge is -1.88. The van der Waals surface area contributed by atoms with E-state index in [4.69, 9.17) is 16.0 Å². The third-order valence-corrected chi connectivity index (χ3v) is 0.911. The van der Waals surface area contributed by atoms with Gasteiger partial charge in [0.2, 0.25) is 0 Å². The van der Waals surface area contributed by atoms with Gasteiger partial charge in [0, 0.05) is 0 Å². The molecule has 0 aromatic heterocycles. The molecular formula is C8H4N2. The molecule has 0 atom stereocenters. The van der Waals surface area contributed by atoms with E-state index in [2.05, 4.69) is 0 Å². The minimum atomic E-state index is -0.495. The Labute approximate surface area is 64.6 Å². The molecule has 0 fully saturated rings. The molecule has 2 nitrogen and oxygen atoms in total. The Bertz CT molecular complexity index is 437. The highest BCUT2D eigenvalue weighted by molar-refractivity contribution is 5.44. The lowest BCUT2D eigenvalue weighted by Crippen LogP contribution is -1.79. The fourth-order valence-electron chi connectivity index (χ4n) is 0.480. The lowest BCUT2D eigenvalue weighted by molar-refractivity contribution is 1.43. The van der Waals surface area contributed by atoms with E-state index >= 15 is 0 Å². The predicted molar refractivity (Wildman–Crippen MR) is 35.9 cm³/mol. The first kappa shape index (κ1) is 2.86. The zero-order valence-corrected chi connectivity index (χ0v) is 4.89. The van der Waals surface area contributed by atoms with Crippen molar-refractivity contribution in [2.24, 2.45) is 0 Å². The third-order valence-electron chi connectivity index (χ3n) is 0.911. The van der Waals surface area contributed by atoms with Gasteiger partial charge in [-0.1, -0.05) is 12.1 Å². The van der Waals surface area contributed by atoms with Crippen molar-refractivity contribution in [1.82, 2.24) is 0 Å². The molecule has 0 spiro atoms. The second-order valence-corrected chi connectivity index (χ2v) is 1.47. The summed E-state index contributed by atoms with van der Waals surface area (Å²) in [6.07, 6.45) is 0. The van der Waals surface area contributed by atoms with Crippen LogP contribution in [0.2, 0.25) is 0 Å². The quantitative estimate of drug-likeness (QED) is 0.536. The summed E-state index contributed by atoms with van der Waals surface area (Å²) < 4.78 is 29.1. The molecule has 0 radical (unpaired) electrons. The molecule has 0 saturated carbocycles. The zero-order valence-electron chi connectivity index (χ0n) is 8.89. The summed E-state index contributed by atoms with van der Waals surface area (Å²) >= 11 is 0. The molecule has 0 aliphatic carbocycles. The average Bonchev–Trinajstić information content (AvgIpc) is 2.20. The molecule has 0 aliphatic heterocycles. The highest BCUT2D eigenvalue weighted by Crippen LogP contribution is 2.03. The van der Waals surface area contributed by atoms with Crippen molar-refractivity contribution in [2.45, 2.75) is 0 Å². The number of rotatable bonds is 0. The van der Waals surface area contributed by atoms with Gasteiger partial charge in [0.25, 0.3) is 0 Å². The maximum atomic E-state index is 8.62. The summed E-state index contributed by atoms with van der Waals surface area (Å²) in [5.74, 6) is 0. The molecule has 0 aliphatic rings. The monoisotopic (exact) mass is 132 g/mol. The van der Waals surface area contributed by atoms with Crippen LogP contribution >= 0.6 is 0 Å². The fraction of sp³-hybridized carbons (Fsp3) is 0. The van der Waals surface area contributed by atoms with Crippen LogP contribution in [-0.2, 0) is 0 Å². The van der Waals surface area contributed by atoms with Gasteiger partial charge in [-0.15, -0.1) is 0 Å². The van der Waals surface area contributed by atoms with Gasteiger partial charge in [-0.3, -0.25) is 0 Å². The second kappa shape index (κ2) is 2.66. The maximum Gasteiger partial charge on any atom is 0.101 e. The summed E-state index contributed by atoms with van der Waals surface area (Å²) in [6.45, 7) is 0. The van der Waals surface area contributed by atoms with Gasteiger partial charge in [-0.05, 0) is 12.1 Å². The maximum absolute atomic E-state index is 8.62. The van der Waals surface area contributed by atoms with E-state index in [0.29, 0.717) is 0 Å². The molecule has 0 heterocycles. The van der Waals surface area contributed by atoms with E-state index in [1.54, 1.807) is 12.1 Å². The third kappa shape index (κ3) is 0.962. The van der Waals surface area contributed by atoms with Gasteiger partial charge < -0.3 is 0 Å². The lowest BCUT2D eigenvalue weighted by atomic mass is 10.1. The molecule has 0 bridgehead atoms. The van der Waals surface area contributed by atoms with Crippen molar-refractivity contribution in [3.05, 3.63) is 35.3 Å². The van der Waals surface area contributed by atoms with Gasteiger partial charge in [0.15, 0.2) is 0 Å². The van der Waals surface area contributed by atoms with Crippen LogP contribution in [-0.4, -0.2) is 0 Å². The Morgan fingerprint density at radius 3 is 1.80 bits per heavy atom. The highest BCUT2D eigenvalue weighted by Gasteiger charge is 1.95. The van der Waals surface area contributed by atoms with Crippen molar-refractivity contribution in [3.63, 3.8) is 0 Å². The van der Waals surface area contributed by atoms with E-state index in [0.717, 1.165) is 0 Å². The molecular weight excluding hydrogens is 124 g/mol. The molecule has 10 heavy (non-hydrogen) atoms. The molecule has 0 amide bonds. The SMILES string of the molecule is [2H]c1c([2H])c([2H])c(C#N)c(C#N)c1[2H]. The van der Waals surface area contributed by atoms with Crippen molar-refractivity contribution in [2.75, 3.05) is 0 Å². The summed E-state index contributed by atoms with van der Waals surface area (Å²) in [5, 5.41) is 17.2. The van der Waals surface area contributed by atoms with Crippen LogP contribution in [0.15, 0.2) is 24.2 Å². The Morgan fingerprint density at radius 1 is 1.10 bits per heavy atom. The van der Waals surface area contributed by atoms with Crippen LogP contribution in [0.4, 0.5) is 0 Å². The Kier molecular flexibility index (Phi) is 0.760. The standard InChI is InChI=1S/C8H4N2/c9-5-7-3-1-2-4-8(7)6-10/h1-4H/i1D,2D,3D,4D. The topological polar surface area (TPSA) is 47.6 Å². The minimum absolute atomic E-state index is 0.307. The molecule has 1 aromatic rings. The van der Waals surface area contributed by atoms with Crippen LogP contribution in [0, 0.1) is 22.7 Å². The number of benzene rings is 1. The fourth-order valence-corrected chi connectivity index (χ4v) is 0.480. The first-order chi connectivity index (χ1) is 6.54. The average molecular weight is 132 g/mol. The first-order valence-corrected chi connectivity index (χ1v) is 2.45. The summed E-state index contributed by atoms with van der Waals surface area (Å²) in [6, 6.07) is 1.26. The van der Waals surface area contributed by atoms with Crippen molar-refractivity contribution in [1.29, 1.82) is 10.5 Å². The van der Waals surface area contributed by atoms with Gasteiger partial charge in [-0.25, -0.2) is 0 Å². The van der Waals surface area contributed by atoms with Crippen LogP contribution in [0.1, 0.15) is 16.6 Å². The Morgan fingerprint density at radius 2 is 1.50 bits per heavy atom. The minimum Gasteiger partial charge on any atom is -0.192 e. The van der Waals surface area contributed by atoms with E-state index in [9.17, 15) is 0 Å². The first-order valence-electron chi connectivity index (χ1n) is 4.45. The van der Waals surface area contributed by atoms with Crippen molar-refractivity contribution >= 4 is 0 Å².